The Bertz CT molecular complexity index is 523. The van der Waals surface area contributed by atoms with Gasteiger partial charge in [-0.25, -0.2) is 0 Å². The van der Waals surface area contributed by atoms with Crippen molar-refractivity contribution in [2.45, 2.75) is 6.10 Å². The summed E-state index contributed by atoms with van der Waals surface area (Å²) in [4.78, 5) is 11.9. The minimum atomic E-state index is -0.488. The molecule has 0 saturated carbocycles. The van der Waals surface area contributed by atoms with Gasteiger partial charge in [0.25, 0.3) is 0 Å². The van der Waals surface area contributed by atoms with Gasteiger partial charge in [0.15, 0.2) is 11.5 Å². The molecule has 0 radical (unpaired) electrons. The molecule has 20 heavy (non-hydrogen) atoms. The SMILES string of the molecule is C=C1CO[C@H](c2ccc(OC)c(OC)c2)[C@H]1C(=O)OC. The fraction of sp³-hybridized carbons (Fsp3) is 0.400. The first-order valence-electron chi connectivity index (χ1n) is 6.21. The van der Waals surface area contributed by atoms with Crippen LogP contribution in [-0.4, -0.2) is 33.9 Å². The highest BCUT2D eigenvalue weighted by molar-refractivity contribution is 5.77. The highest BCUT2D eigenvalue weighted by Crippen LogP contribution is 2.40. The maximum Gasteiger partial charge on any atom is 0.315 e. The Hall–Kier alpha value is -2.01. The molecule has 1 saturated heterocycles. The molecule has 0 bridgehead atoms. The van der Waals surface area contributed by atoms with Crippen molar-refractivity contribution in [1.29, 1.82) is 0 Å². The van der Waals surface area contributed by atoms with Crippen molar-refractivity contribution in [1.82, 2.24) is 0 Å². The molecule has 0 aliphatic carbocycles. The maximum absolute atomic E-state index is 11.9. The average molecular weight is 278 g/mol. The lowest BCUT2D eigenvalue weighted by atomic mass is 9.92. The quantitative estimate of drug-likeness (QED) is 0.623. The molecule has 0 amide bonds. The van der Waals surface area contributed by atoms with Gasteiger partial charge in [0, 0.05) is 0 Å². The van der Waals surface area contributed by atoms with Gasteiger partial charge in [0.1, 0.15) is 12.0 Å². The van der Waals surface area contributed by atoms with E-state index >= 15 is 0 Å². The molecule has 1 fully saturated rings. The summed E-state index contributed by atoms with van der Waals surface area (Å²) in [6.07, 6.45) is -0.408. The van der Waals surface area contributed by atoms with Crippen LogP contribution in [-0.2, 0) is 14.3 Å². The Labute approximate surface area is 118 Å². The average Bonchev–Trinajstić information content (AvgIpc) is 2.87. The number of ether oxygens (including phenoxy) is 4. The van der Waals surface area contributed by atoms with E-state index in [2.05, 4.69) is 6.58 Å². The van der Waals surface area contributed by atoms with Gasteiger partial charge < -0.3 is 18.9 Å². The van der Waals surface area contributed by atoms with E-state index in [0.29, 0.717) is 18.1 Å². The third-order valence-electron chi connectivity index (χ3n) is 3.38. The zero-order valence-corrected chi connectivity index (χ0v) is 11.8. The van der Waals surface area contributed by atoms with E-state index in [1.165, 1.54) is 7.11 Å². The molecule has 0 unspecified atom stereocenters. The van der Waals surface area contributed by atoms with Crippen LogP contribution in [0.2, 0.25) is 0 Å². The Morgan fingerprint density at radius 1 is 1.25 bits per heavy atom. The lowest BCUT2D eigenvalue weighted by molar-refractivity contribution is -0.146. The van der Waals surface area contributed by atoms with Crippen LogP contribution in [0, 0.1) is 5.92 Å². The van der Waals surface area contributed by atoms with E-state index < -0.39 is 12.0 Å². The third-order valence-corrected chi connectivity index (χ3v) is 3.38. The number of methoxy groups -OCH3 is 3. The predicted molar refractivity (Wildman–Crippen MR) is 72.9 cm³/mol. The van der Waals surface area contributed by atoms with Crippen molar-refractivity contribution in [2.24, 2.45) is 5.92 Å². The molecule has 0 N–H and O–H groups in total. The first-order chi connectivity index (χ1) is 9.62. The Balaban J connectivity index is 2.35. The van der Waals surface area contributed by atoms with Crippen LogP contribution in [0.25, 0.3) is 0 Å². The van der Waals surface area contributed by atoms with Crippen LogP contribution < -0.4 is 9.47 Å². The summed E-state index contributed by atoms with van der Waals surface area (Å²) in [5.41, 5.74) is 1.55. The first-order valence-corrected chi connectivity index (χ1v) is 6.21. The molecule has 1 aliphatic rings. The number of hydrogen-bond donors (Lipinski definition) is 0. The number of hydrogen-bond acceptors (Lipinski definition) is 5. The topological polar surface area (TPSA) is 54.0 Å². The van der Waals surface area contributed by atoms with E-state index in [9.17, 15) is 4.79 Å². The molecular formula is C15H18O5. The number of esters is 1. The van der Waals surface area contributed by atoms with Gasteiger partial charge >= 0.3 is 5.97 Å². The number of carbonyl (C=O) groups is 1. The zero-order chi connectivity index (χ0) is 14.7. The molecule has 2 rings (SSSR count). The fourth-order valence-electron chi connectivity index (χ4n) is 2.33. The highest BCUT2D eigenvalue weighted by Gasteiger charge is 2.39. The minimum Gasteiger partial charge on any atom is -0.493 e. The van der Waals surface area contributed by atoms with Crippen LogP contribution in [0.15, 0.2) is 30.4 Å². The van der Waals surface area contributed by atoms with Gasteiger partial charge in [0.05, 0.1) is 27.9 Å². The smallest absolute Gasteiger partial charge is 0.315 e. The molecule has 5 nitrogen and oxygen atoms in total. The Morgan fingerprint density at radius 3 is 2.55 bits per heavy atom. The molecule has 1 aromatic rings. The zero-order valence-electron chi connectivity index (χ0n) is 11.8. The van der Waals surface area contributed by atoms with E-state index in [1.807, 2.05) is 6.07 Å². The van der Waals surface area contributed by atoms with Gasteiger partial charge in [-0.3, -0.25) is 4.79 Å². The standard InChI is InChI=1S/C15H18O5/c1-9-8-20-14(13(9)15(16)19-4)10-5-6-11(17-2)12(7-10)18-3/h5-7,13-14H,1,8H2,2-4H3/t13-,14+/m0/s1. The summed E-state index contributed by atoms with van der Waals surface area (Å²) in [6, 6.07) is 5.44. The van der Waals surface area contributed by atoms with Gasteiger partial charge in [-0.05, 0) is 23.3 Å². The van der Waals surface area contributed by atoms with E-state index in [1.54, 1.807) is 26.4 Å². The largest absolute Gasteiger partial charge is 0.493 e. The molecule has 0 aromatic heterocycles. The fourth-order valence-corrected chi connectivity index (χ4v) is 2.33. The molecular weight excluding hydrogens is 260 g/mol. The first kappa shape index (κ1) is 14.4. The number of benzene rings is 1. The lowest BCUT2D eigenvalue weighted by Crippen LogP contribution is -2.20. The van der Waals surface area contributed by atoms with Gasteiger partial charge in [-0.2, -0.15) is 0 Å². The molecule has 108 valence electrons. The highest BCUT2D eigenvalue weighted by atomic mass is 16.5. The van der Waals surface area contributed by atoms with Gasteiger partial charge in [0.2, 0.25) is 0 Å². The van der Waals surface area contributed by atoms with Crippen molar-refractivity contribution in [3.05, 3.63) is 35.9 Å². The second kappa shape index (κ2) is 5.96. The van der Waals surface area contributed by atoms with Crippen molar-refractivity contribution < 1.29 is 23.7 Å². The predicted octanol–water partition coefficient (Wildman–Crippen LogP) is 2.12. The van der Waals surface area contributed by atoms with Crippen LogP contribution in [0.4, 0.5) is 0 Å². The normalized spacial score (nSPS) is 21.6. The van der Waals surface area contributed by atoms with Crippen LogP contribution >= 0.6 is 0 Å². The summed E-state index contributed by atoms with van der Waals surface area (Å²) in [6.45, 7) is 4.22. The Morgan fingerprint density at radius 2 is 1.95 bits per heavy atom. The summed E-state index contributed by atoms with van der Waals surface area (Å²) in [5.74, 6) is 0.391. The summed E-state index contributed by atoms with van der Waals surface area (Å²) >= 11 is 0. The van der Waals surface area contributed by atoms with Crippen molar-refractivity contribution in [3.63, 3.8) is 0 Å². The van der Waals surface area contributed by atoms with Crippen LogP contribution in [0.3, 0.4) is 0 Å². The lowest BCUT2D eigenvalue weighted by Gasteiger charge is -2.18. The Kier molecular flexibility index (Phi) is 4.29. The van der Waals surface area contributed by atoms with Crippen molar-refractivity contribution >= 4 is 5.97 Å². The number of carbonyl (C=O) groups excluding carboxylic acids is 1. The molecule has 0 spiro atoms. The summed E-state index contributed by atoms with van der Waals surface area (Å²) < 4.78 is 20.9. The maximum atomic E-state index is 11.9. The minimum absolute atomic E-state index is 0.340. The second-order valence-corrected chi connectivity index (χ2v) is 4.51. The molecule has 5 heteroatoms. The van der Waals surface area contributed by atoms with Crippen molar-refractivity contribution in [3.8, 4) is 11.5 Å². The monoisotopic (exact) mass is 278 g/mol. The second-order valence-electron chi connectivity index (χ2n) is 4.51. The van der Waals surface area contributed by atoms with E-state index in [4.69, 9.17) is 18.9 Å². The third kappa shape index (κ3) is 2.49. The van der Waals surface area contributed by atoms with Crippen LogP contribution in [0.1, 0.15) is 11.7 Å². The molecule has 2 atom stereocenters. The van der Waals surface area contributed by atoms with E-state index in [-0.39, 0.29) is 5.97 Å². The van der Waals surface area contributed by atoms with Crippen molar-refractivity contribution in [2.75, 3.05) is 27.9 Å². The number of rotatable bonds is 4. The molecule has 1 heterocycles. The summed E-state index contributed by atoms with van der Waals surface area (Å²) in [7, 11) is 4.50. The van der Waals surface area contributed by atoms with Crippen LogP contribution in [0.5, 0.6) is 11.5 Å². The van der Waals surface area contributed by atoms with Gasteiger partial charge in [-0.1, -0.05) is 12.6 Å². The molecule has 1 aliphatic heterocycles. The molecule has 1 aromatic carbocycles. The van der Waals surface area contributed by atoms with E-state index in [0.717, 1.165) is 11.1 Å². The summed E-state index contributed by atoms with van der Waals surface area (Å²) in [5, 5.41) is 0. The van der Waals surface area contributed by atoms with Gasteiger partial charge in [-0.15, -0.1) is 0 Å².